The molecule has 262 valence electrons. The maximum Gasteiger partial charge on any atom is 0.261 e. The topological polar surface area (TPSA) is 125 Å². The molecule has 0 bridgehead atoms. The minimum Gasteiger partial charge on any atom is -0.493 e. The van der Waals surface area contributed by atoms with Gasteiger partial charge in [-0.2, -0.15) is 0 Å². The highest BCUT2D eigenvalue weighted by Crippen LogP contribution is 2.29. The number of aromatic nitrogens is 3. The zero-order chi connectivity index (χ0) is 35.3. The quantitative estimate of drug-likeness (QED) is 0.166. The van der Waals surface area contributed by atoms with Crippen LogP contribution in [-0.4, -0.2) is 96.4 Å². The summed E-state index contributed by atoms with van der Waals surface area (Å²) in [6, 6.07) is 20.0. The third-order valence-corrected chi connectivity index (χ3v) is 9.38. The van der Waals surface area contributed by atoms with Crippen LogP contribution < -0.4 is 19.8 Å². The molecule has 1 saturated heterocycles. The zero-order valence-electron chi connectivity index (χ0n) is 28.7. The summed E-state index contributed by atoms with van der Waals surface area (Å²) in [5, 5.41) is 0.473. The summed E-state index contributed by atoms with van der Waals surface area (Å²) in [4.78, 5) is 53.8. The van der Waals surface area contributed by atoms with Gasteiger partial charge in [-0.3, -0.25) is 33.7 Å². The summed E-state index contributed by atoms with van der Waals surface area (Å²) >= 11 is 0. The first-order chi connectivity index (χ1) is 24.9. The van der Waals surface area contributed by atoms with Gasteiger partial charge in [-0.15, -0.1) is 0 Å². The molecule has 12 heteroatoms. The molecule has 2 amide bonds. The van der Waals surface area contributed by atoms with Crippen LogP contribution in [0.25, 0.3) is 22.0 Å². The Morgan fingerprint density at radius 3 is 2.39 bits per heavy atom. The van der Waals surface area contributed by atoms with Gasteiger partial charge < -0.3 is 18.9 Å². The van der Waals surface area contributed by atoms with E-state index in [1.165, 1.54) is 4.90 Å². The van der Waals surface area contributed by atoms with Gasteiger partial charge in [0.1, 0.15) is 18.2 Å². The van der Waals surface area contributed by atoms with E-state index in [1.807, 2.05) is 42.5 Å². The molecule has 1 fully saturated rings. The normalized spacial score (nSPS) is 14.6. The molecule has 4 heterocycles. The second-order valence-electron chi connectivity index (χ2n) is 12.4. The van der Waals surface area contributed by atoms with Gasteiger partial charge in [-0.05, 0) is 66.1 Å². The Morgan fingerprint density at radius 2 is 1.61 bits per heavy atom. The summed E-state index contributed by atoms with van der Waals surface area (Å²) in [6.45, 7) is 4.72. The number of nitrogens with zero attached hydrogens (tertiary/aromatic N) is 5. The van der Waals surface area contributed by atoms with Gasteiger partial charge in [-0.1, -0.05) is 18.2 Å². The van der Waals surface area contributed by atoms with E-state index in [0.29, 0.717) is 77.9 Å². The van der Waals surface area contributed by atoms with Crippen molar-refractivity contribution in [1.82, 2.24) is 24.3 Å². The van der Waals surface area contributed by atoms with Gasteiger partial charge >= 0.3 is 0 Å². The SMILES string of the molecule is COc1ccc(CCn2c(CCN3C(=O)c4ccc(OCCN5CCOCC5)cc4C3=O)nc3cc(-c4cccnc4)ccc3c2=O)cc1OC. The molecule has 2 aliphatic rings. The Kier molecular flexibility index (Phi) is 10.0. The summed E-state index contributed by atoms with van der Waals surface area (Å²) in [5.74, 6) is 1.44. The number of methoxy groups -OCH3 is 2. The monoisotopic (exact) mass is 689 g/mol. The van der Waals surface area contributed by atoms with E-state index >= 15 is 0 Å². The maximum atomic E-state index is 14.1. The molecule has 0 spiro atoms. The fourth-order valence-electron chi connectivity index (χ4n) is 6.57. The lowest BCUT2D eigenvalue weighted by molar-refractivity contribution is 0.0322. The predicted octanol–water partition coefficient (Wildman–Crippen LogP) is 4.27. The average Bonchev–Trinajstić information content (AvgIpc) is 3.41. The number of benzene rings is 3. The Hall–Kier alpha value is -5.59. The number of pyridine rings is 1. The summed E-state index contributed by atoms with van der Waals surface area (Å²) < 4.78 is 23.9. The number of hydrogen-bond acceptors (Lipinski definition) is 10. The van der Waals surface area contributed by atoms with E-state index in [1.54, 1.807) is 55.4 Å². The van der Waals surface area contributed by atoms with Crippen molar-refractivity contribution in [1.29, 1.82) is 0 Å². The molecule has 0 aliphatic carbocycles. The fourth-order valence-corrected chi connectivity index (χ4v) is 6.57. The zero-order valence-corrected chi connectivity index (χ0v) is 28.7. The van der Waals surface area contributed by atoms with E-state index in [2.05, 4.69) is 9.88 Å². The molecule has 2 aromatic heterocycles. The molecule has 0 radical (unpaired) electrons. The fraction of sp³-hybridized carbons (Fsp3) is 0.308. The van der Waals surface area contributed by atoms with Crippen molar-refractivity contribution >= 4 is 22.7 Å². The molecule has 0 N–H and O–H groups in total. The van der Waals surface area contributed by atoms with Gasteiger partial charge in [0.05, 0.1) is 49.5 Å². The van der Waals surface area contributed by atoms with Crippen molar-refractivity contribution in [3.8, 4) is 28.4 Å². The smallest absolute Gasteiger partial charge is 0.261 e. The van der Waals surface area contributed by atoms with Crippen LogP contribution >= 0.6 is 0 Å². The first-order valence-electron chi connectivity index (χ1n) is 17.0. The molecular weight excluding hydrogens is 650 g/mol. The van der Waals surface area contributed by atoms with Crippen LogP contribution in [0.3, 0.4) is 0 Å². The molecule has 51 heavy (non-hydrogen) atoms. The maximum absolute atomic E-state index is 14.1. The van der Waals surface area contributed by atoms with Crippen molar-refractivity contribution < 1.29 is 28.5 Å². The van der Waals surface area contributed by atoms with Crippen molar-refractivity contribution in [3.63, 3.8) is 0 Å². The number of carbonyl (C=O) groups excluding carboxylic acids is 2. The lowest BCUT2D eigenvalue weighted by Gasteiger charge is -2.26. The number of aryl methyl sites for hydroxylation is 1. The predicted molar refractivity (Wildman–Crippen MR) is 191 cm³/mol. The number of hydrogen-bond donors (Lipinski definition) is 0. The number of fused-ring (bicyclic) bond motifs is 2. The molecule has 5 aromatic rings. The van der Waals surface area contributed by atoms with Gasteiger partial charge in [0.2, 0.25) is 0 Å². The van der Waals surface area contributed by atoms with Gasteiger partial charge in [0.25, 0.3) is 17.4 Å². The van der Waals surface area contributed by atoms with Crippen molar-refractivity contribution in [2.24, 2.45) is 0 Å². The molecule has 0 saturated carbocycles. The van der Waals surface area contributed by atoms with E-state index in [9.17, 15) is 14.4 Å². The molecule has 0 unspecified atom stereocenters. The third-order valence-electron chi connectivity index (χ3n) is 9.38. The summed E-state index contributed by atoms with van der Waals surface area (Å²) in [5.41, 5.74) is 3.69. The van der Waals surface area contributed by atoms with Crippen molar-refractivity contribution in [2.75, 3.05) is 60.2 Å². The van der Waals surface area contributed by atoms with Gasteiger partial charge in [0, 0.05) is 57.1 Å². The van der Waals surface area contributed by atoms with Crippen molar-refractivity contribution in [3.05, 3.63) is 112 Å². The molecule has 3 aromatic carbocycles. The number of morpholine rings is 1. The minimum absolute atomic E-state index is 0.0518. The number of ether oxygens (including phenoxy) is 4. The van der Waals surface area contributed by atoms with Crippen LogP contribution in [-0.2, 0) is 24.1 Å². The first kappa shape index (κ1) is 33.9. The van der Waals surface area contributed by atoms with Crippen LogP contribution in [0.15, 0.2) is 83.9 Å². The van der Waals surface area contributed by atoms with Crippen LogP contribution in [0.1, 0.15) is 32.1 Å². The Balaban J connectivity index is 1.13. The minimum atomic E-state index is -0.396. The van der Waals surface area contributed by atoms with E-state index < -0.39 is 5.91 Å². The van der Waals surface area contributed by atoms with E-state index in [0.717, 1.165) is 36.3 Å². The summed E-state index contributed by atoms with van der Waals surface area (Å²) in [7, 11) is 3.16. The Labute approximate surface area is 295 Å². The molecule has 7 rings (SSSR count). The number of imide groups is 1. The van der Waals surface area contributed by atoms with Gasteiger partial charge in [-0.25, -0.2) is 4.98 Å². The highest BCUT2D eigenvalue weighted by Gasteiger charge is 2.36. The lowest BCUT2D eigenvalue weighted by Crippen LogP contribution is -2.38. The van der Waals surface area contributed by atoms with Crippen LogP contribution in [0.5, 0.6) is 17.2 Å². The molecular formula is C39H39N5O7. The second-order valence-corrected chi connectivity index (χ2v) is 12.4. The van der Waals surface area contributed by atoms with E-state index in [4.69, 9.17) is 23.9 Å². The average molecular weight is 690 g/mol. The highest BCUT2D eigenvalue weighted by atomic mass is 16.5. The second kappa shape index (κ2) is 15.1. The van der Waals surface area contributed by atoms with Crippen LogP contribution in [0.4, 0.5) is 0 Å². The Morgan fingerprint density at radius 1 is 0.784 bits per heavy atom. The van der Waals surface area contributed by atoms with Crippen LogP contribution in [0, 0.1) is 0 Å². The van der Waals surface area contributed by atoms with Gasteiger partial charge in [0.15, 0.2) is 11.5 Å². The highest BCUT2D eigenvalue weighted by molar-refractivity contribution is 6.21. The molecule has 2 aliphatic heterocycles. The van der Waals surface area contributed by atoms with Crippen LogP contribution in [0.2, 0.25) is 0 Å². The third kappa shape index (κ3) is 7.19. The summed E-state index contributed by atoms with van der Waals surface area (Å²) in [6.07, 6.45) is 4.16. The lowest BCUT2D eigenvalue weighted by atomic mass is 10.1. The number of amides is 2. The standard InChI is InChI=1S/C39H39N5O7/c1-48-34-10-5-26(22-35(34)49-2)11-14-43-36(41-33-23-27(6-8-31(33)38(43)46)28-4-3-13-40-25-28)12-15-44-37(45)30-9-7-29(24-32(30)39(44)47)51-21-18-42-16-19-50-20-17-42/h3-10,13,22-25H,11-12,14-21H2,1-2H3. The van der Waals surface area contributed by atoms with E-state index in [-0.39, 0.29) is 24.4 Å². The number of carbonyl (C=O) groups is 2. The largest absolute Gasteiger partial charge is 0.493 e. The first-order valence-corrected chi connectivity index (χ1v) is 17.0. The van der Waals surface area contributed by atoms with Crippen molar-refractivity contribution in [2.45, 2.75) is 19.4 Å². The number of rotatable bonds is 13. The Bertz CT molecular complexity index is 2130. The molecule has 0 atom stereocenters. The molecule has 12 nitrogen and oxygen atoms in total.